The molecule has 1 aliphatic heterocycles. The quantitative estimate of drug-likeness (QED) is 0.221. The fourth-order valence-corrected chi connectivity index (χ4v) is 1.70. The van der Waals surface area contributed by atoms with E-state index in [1.165, 1.54) is 32.5 Å². The van der Waals surface area contributed by atoms with Crippen LogP contribution in [0.4, 0.5) is 0 Å². The number of nitrogens with two attached hydrogens (primary N) is 1. The minimum Gasteiger partial charge on any atom is -0.409 e. The first-order valence-electron chi connectivity index (χ1n) is 5.01. The van der Waals surface area contributed by atoms with Crippen molar-refractivity contribution in [3.63, 3.8) is 0 Å². The molecule has 13 heavy (non-hydrogen) atoms. The summed E-state index contributed by atoms with van der Waals surface area (Å²) in [5.74, 6) is 0.349. The van der Waals surface area contributed by atoms with Gasteiger partial charge in [-0.2, -0.15) is 0 Å². The lowest BCUT2D eigenvalue weighted by Crippen LogP contribution is -2.20. The van der Waals surface area contributed by atoms with Crippen molar-refractivity contribution in [2.45, 2.75) is 32.1 Å². The number of likely N-dealkylation sites (tertiary alicyclic amines) is 1. The van der Waals surface area contributed by atoms with Crippen molar-refractivity contribution in [2.75, 3.05) is 19.6 Å². The highest BCUT2D eigenvalue weighted by atomic mass is 16.4. The van der Waals surface area contributed by atoms with E-state index >= 15 is 0 Å². The molecule has 0 spiro atoms. The Morgan fingerprint density at radius 1 is 1.31 bits per heavy atom. The van der Waals surface area contributed by atoms with Crippen LogP contribution in [-0.4, -0.2) is 35.6 Å². The van der Waals surface area contributed by atoms with Gasteiger partial charge >= 0.3 is 0 Å². The van der Waals surface area contributed by atoms with Gasteiger partial charge in [0, 0.05) is 6.42 Å². The Morgan fingerprint density at radius 3 is 2.62 bits per heavy atom. The van der Waals surface area contributed by atoms with Crippen LogP contribution in [0, 0.1) is 0 Å². The molecular weight excluding hydrogens is 166 g/mol. The molecular formula is C9H19N3O. The zero-order chi connectivity index (χ0) is 9.52. The molecule has 0 aromatic carbocycles. The van der Waals surface area contributed by atoms with Gasteiger partial charge in [-0.25, -0.2) is 0 Å². The molecule has 0 aromatic heterocycles. The molecule has 0 atom stereocenters. The monoisotopic (exact) mass is 185 g/mol. The molecule has 0 amide bonds. The number of oxime groups is 1. The van der Waals surface area contributed by atoms with E-state index in [0.29, 0.717) is 12.3 Å². The highest BCUT2D eigenvalue weighted by Crippen LogP contribution is 2.08. The Bertz CT molecular complexity index is 164. The Balaban J connectivity index is 1.94. The zero-order valence-corrected chi connectivity index (χ0v) is 8.08. The van der Waals surface area contributed by atoms with Crippen LogP contribution in [0.1, 0.15) is 32.1 Å². The van der Waals surface area contributed by atoms with Gasteiger partial charge in [-0.1, -0.05) is 5.16 Å². The first kappa shape index (κ1) is 10.3. The maximum absolute atomic E-state index is 8.30. The molecule has 4 nitrogen and oxygen atoms in total. The van der Waals surface area contributed by atoms with Crippen LogP contribution in [0.15, 0.2) is 5.16 Å². The van der Waals surface area contributed by atoms with E-state index < -0.39 is 0 Å². The summed E-state index contributed by atoms with van der Waals surface area (Å²) < 4.78 is 0. The van der Waals surface area contributed by atoms with Crippen LogP contribution in [-0.2, 0) is 0 Å². The summed E-state index contributed by atoms with van der Waals surface area (Å²) in [5, 5.41) is 11.2. The normalized spacial score (nSPS) is 19.5. The highest BCUT2D eigenvalue weighted by molar-refractivity contribution is 5.79. The van der Waals surface area contributed by atoms with Crippen molar-refractivity contribution >= 4 is 5.84 Å². The Labute approximate surface area is 79.4 Å². The number of rotatable bonds is 5. The Hall–Kier alpha value is -0.770. The minimum absolute atomic E-state index is 0.349. The lowest BCUT2D eigenvalue weighted by molar-refractivity contribution is 0.314. The number of unbranched alkanes of at least 4 members (excludes halogenated alkanes) is 1. The van der Waals surface area contributed by atoms with Crippen molar-refractivity contribution in [3.8, 4) is 0 Å². The van der Waals surface area contributed by atoms with Gasteiger partial charge in [0.1, 0.15) is 5.84 Å². The molecule has 0 aromatic rings. The van der Waals surface area contributed by atoms with Gasteiger partial charge in [0.25, 0.3) is 0 Å². The van der Waals surface area contributed by atoms with Crippen LogP contribution in [0.5, 0.6) is 0 Å². The lowest BCUT2D eigenvalue weighted by Gasteiger charge is -2.13. The molecule has 0 bridgehead atoms. The topological polar surface area (TPSA) is 61.8 Å². The van der Waals surface area contributed by atoms with Crippen molar-refractivity contribution < 1.29 is 5.21 Å². The van der Waals surface area contributed by atoms with Crippen LogP contribution >= 0.6 is 0 Å². The second-order valence-corrected chi connectivity index (χ2v) is 3.60. The predicted molar refractivity (Wildman–Crippen MR) is 52.9 cm³/mol. The minimum atomic E-state index is 0.349. The van der Waals surface area contributed by atoms with Gasteiger partial charge in [-0.3, -0.25) is 0 Å². The Kier molecular flexibility index (Phi) is 4.60. The molecule has 4 heteroatoms. The summed E-state index contributed by atoms with van der Waals surface area (Å²) in [7, 11) is 0. The number of hydrogen-bond donors (Lipinski definition) is 2. The SMILES string of the molecule is NC(CCCCN1CCCC1)=NO. The zero-order valence-electron chi connectivity index (χ0n) is 8.08. The summed E-state index contributed by atoms with van der Waals surface area (Å²) in [6, 6.07) is 0. The van der Waals surface area contributed by atoms with Gasteiger partial charge in [0.15, 0.2) is 0 Å². The van der Waals surface area contributed by atoms with Gasteiger partial charge in [-0.05, 0) is 45.3 Å². The molecule has 1 saturated heterocycles. The number of amidine groups is 1. The summed E-state index contributed by atoms with van der Waals surface area (Å²) in [6.07, 6.45) is 5.58. The smallest absolute Gasteiger partial charge is 0.139 e. The first-order chi connectivity index (χ1) is 6.33. The molecule has 1 fully saturated rings. The second-order valence-electron chi connectivity index (χ2n) is 3.60. The molecule has 1 heterocycles. The summed E-state index contributed by atoms with van der Waals surface area (Å²) in [4.78, 5) is 2.48. The molecule has 1 aliphatic rings. The van der Waals surface area contributed by atoms with Crippen molar-refractivity contribution in [3.05, 3.63) is 0 Å². The molecule has 3 N–H and O–H groups in total. The second kappa shape index (κ2) is 5.80. The maximum atomic E-state index is 8.30. The largest absolute Gasteiger partial charge is 0.409 e. The molecule has 0 radical (unpaired) electrons. The standard InChI is InChI=1S/C9H19N3O/c10-9(11-13)5-1-2-6-12-7-3-4-8-12/h13H,1-8H2,(H2,10,11). The van der Waals surface area contributed by atoms with E-state index in [1.807, 2.05) is 0 Å². The van der Waals surface area contributed by atoms with Crippen molar-refractivity contribution in [1.29, 1.82) is 0 Å². The van der Waals surface area contributed by atoms with Crippen LogP contribution in [0.25, 0.3) is 0 Å². The van der Waals surface area contributed by atoms with Gasteiger partial charge in [-0.15, -0.1) is 0 Å². The third kappa shape index (κ3) is 4.12. The van der Waals surface area contributed by atoms with Gasteiger partial charge < -0.3 is 15.8 Å². The number of nitrogens with zero attached hydrogens (tertiary/aromatic N) is 2. The fraction of sp³-hybridized carbons (Fsp3) is 0.889. The summed E-state index contributed by atoms with van der Waals surface area (Å²) >= 11 is 0. The molecule has 0 saturated carbocycles. The molecule has 0 aliphatic carbocycles. The Morgan fingerprint density at radius 2 is 2.00 bits per heavy atom. The van der Waals surface area contributed by atoms with Crippen molar-refractivity contribution in [2.24, 2.45) is 10.9 Å². The van der Waals surface area contributed by atoms with E-state index in [-0.39, 0.29) is 0 Å². The predicted octanol–water partition coefficient (Wildman–Crippen LogP) is 0.999. The highest BCUT2D eigenvalue weighted by Gasteiger charge is 2.09. The summed E-state index contributed by atoms with van der Waals surface area (Å²) in [5.41, 5.74) is 5.35. The summed E-state index contributed by atoms with van der Waals surface area (Å²) in [6.45, 7) is 3.67. The van der Waals surface area contributed by atoms with Gasteiger partial charge in [0.05, 0.1) is 0 Å². The average Bonchev–Trinajstić information content (AvgIpc) is 2.64. The van der Waals surface area contributed by atoms with E-state index in [1.54, 1.807) is 0 Å². The fourth-order valence-electron chi connectivity index (χ4n) is 1.70. The van der Waals surface area contributed by atoms with Crippen LogP contribution in [0.2, 0.25) is 0 Å². The average molecular weight is 185 g/mol. The van der Waals surface area contributed by atoms with Crippen LogP contribution < -0.4 is 5.73 Å². The van der Waals surface area contributed by atoms with E-state index in [4.69, 9.17) is 10.9 Å². The third-order valence-electron chi connectivity index (χ3n) is 2.48. The van der Waals surface area contributed by atoms with Crippen molar-refractivity contribution in [1.82, 2.24) is 4.90 Å². The maximum Gasteiger partial charge on any atom is 0.139 e. The molecule has 0 unspecified atom stereocenters. The lowest BCUT2D eigenvalue weighted by atomic mass is 10.2. The first-order valence-corrected chi connectivity index (χ1v) is 5.01. The molecule has 76 valence electrons. The number of hydrogen-bond acceptors (Lipinski definition) is 3. The third-order valence-corrected chi connectivity index (χ3v) is 2.48. The van der Waals surface area contributed by atoms with E-state index in [0.717, 1.165) is 12.8 Å². The molecule has 1 rings (SSSR count). The van der Waals surface area contributed by atoms with E-state index in [9.17, 15) is 0 Å². The van der Waals surface area contributed by atoms with Gasteiger partial charge in [0.2, 0.25) is 0 Å². The van der Waals surface area contributed by atoms with E-state index in [2.05, 4.69) is 10.1 Å². The van der Waals surface area contributed by atoms with Crippen LogP contribution in [0.3, 0.4) is 0 Å².